The summed E-state index contributed by atoms with van der Waals surface area (Å²) in [4.78, 5) is 33.7. The molecule has 4 rings (SSSR count). The van der Waals surface area contributed by atoms with E-state index in [4.69, 9.17) is 4.42 Å². The number of hydrogen-bond donors (Lipinski definition) is 2. The van der Waals surface area contributed by atoms with E-state index in [1.807, 2.05) is 73.8 Å². The number of rotatable bonds is 9. The van der Waals surface area contributed by atoms with Gasteiger partial charge < -0.3 is 15.1 Å². The van der Waals surface area contributed by atoms with Crippen LogP contribution in [0.1, 0.15) is 22.7 Å². The van der Waals surface area contributed by atoms with Crippen LogP contribution in [0.5, 0.6) is 0 Å². The molecule has 34 heavy (non-hydrogen) atoms. The summed E-state index contributed by atoms with van der Waals surface area (Å²) >= 11 is 2.94. The Bertz CT molecular complexity index is 1280. The quantitative estimate of drug-likeness (QED) is 0.319. The minimum absolute atomic E-state index is 0.102. The van der Waals surface area contributed by atoms with Gasteiger partial charge in [0.1, 0.15) is 11.5 Å². The molecule has 2 aromatic carbocycles. The first-order valence-electron chi connectivity index (χ1n) is 10.7. The van der Waals surface area contributed by atoms with Crippen LogP contribution in [0.4, 0.5) is 5.69 Å². The van der Waals surface area contributed by atoms with Crippen molar-refractivity contribution in [2.24, 2.45) is 0 Å². The van der Waals surface area contributed by atoms with Crippen LogP contribution >= 0.6 is 23.1 Å². The summed E-state index contributed by atoms with van der Waals surface area (Å²) in [6.45, 7) is 3.99. The van der Waals surface area contributed by atoms with Gasteiger partial charge in [-0.15, -0.1) is 11.3 Å². The zero-order valence-corrected chi connectivity index (χ0v) is 20.5. The summed E-state index contributed by atoms with van der Waals surface area (Å²) in [5.74, 6) is 1.07. The van der Waals surface area contributed by atoms with E-state index in [-0.39, 0.29) is 30.5 Å². The monoisotopic (exact) mass is 492 g/mol. The Morgan fingerprint density at radius 2 is 1.76 bits per heavy atom. The lowest BCUT2D eigenvalue weighted by atomic mass is 10.1. The summed E-state index contributed by atoms with van der Waals surface area (Å²) < 4.78 is 6.75. The van der Waals surface area contributed by atoms with Crippen molar-refractivity contribution in [3.8, 4) is 11.5 Å². The topological polar surface area (TPSA) is 97.1 Å². The molecule has 0 saturated heterocycles. The predicted octanol–water partition coefficient (Wildman–Crippen LogP) is 5.00. The standard InChI is InChI=1S/C25H24N4O3S2/c1-16-14-33-25(27-16)34-15-23(31)26-13-21-17(2)32-24(29-21)19-10-6-7-11-20(19)28-22(30)12-18-8-4-3-5-9-18/h3-11,14H,12-13,15H2,1-2H3,(H,26,31)(H,28,30). The van der Waals surface area contributed by atoms with Crippen LogP contribution in [0.2, 0.25) is 0 Å². The van der Waals surface area contributed by atoms with Crippen molar-refractivity contribution in [1.82, 2.24) is 15.3 Å². The molecule has 0 unspecified atom stereocenters. The van der Waals surface area contributed by atoms with E-state index in [2.05, 4.69) is 20.6 Å². The fourth-order valence-corrected chi connectivity index (χ4v) is 4.90. The third-order valence-corrected chi connectivity index (χ3v) is 7.05. The lowest BCUT2D eigenvalue weighted by molar-refractivity contribution is -0.118. The lowest BCUT2D eigenvalue weighted by Crippen LogP contribution is -2.25. The molecule has 0 aliphatic rings. The van der Waals surface area contributed by atoms with Gasteiger partial charge in [0.15, 0.2) is 4.34 Å². The maximum absolute atomic E-state index is 12.6. The number of aryl methyl sites for hydroxylation is 2. The molecule has 2 heterocycles. The average molecular weight is 493 g/mol. The van der Waals surface area contributed by atoms with E-state index >= 15 is 0 Å². The Labute approximate surface area is 206 Å². The Balaban J connectivity index is 1.38. The van der Waals surface area contributed by atoms with Gasteiger partial charge in [-0.05, 0) is 31.5 Å². The number of nitrogens with zero attached hydrogens (tertiary/aromatic N) is 2. The van der Waals surface area contributed by atoms with Gasteiger partial charge in [-0.1, -0.05) is 54.2 Å². The fourth-order valence-electron chi connectivity index (χ4n) is 3.22. The largest absolute Gasteiger partial charge is 0.441 e. The highest BCUT2D eigenvalue weighted by Gasteiger charge is 2.17. The van der Waals surface area contributed by atoms with E-state index in [1.165, 1.54) is 23.1 Å². The number of amides is 2. The Hall–Kier alpha value is -3.43. The van der Waals surface area contributed by atoms with Crippen molar-refractivity contribution in [2.45, 2.75) is 31.2 Å². The van der Waals surface area contributed by atoms with Crippen LogP contribution in [-0.2, 0) is 22.6 Å². The first-order chi connectivity index (χ1) is 16.5. The molecule has 0 aliphatic heterocycles. The molecule has 9 heteroatoms. The van der Waals surface area contributed by atoms with Crippen LogP contribution in [0.25, 0.3) is 11.5 Å². The molecule has 0 aliphatic carbocycles. The maximum atomic E-state index is 12.6. The zero-order chi connectivity index (χ0) is 23.9. The number of carbonyl (C=O) groups is 2. The molecule has 2 N–H and O–H groups in total. The minimum Gasteiger partial charge on any atom is -0.441 e. The van der Waals surface area contributed by atoms with Crippen LogP contribution in [-0.4, -0.2) is 27.5 Å². The number of aromatic nitrogens is 2. The molecule has 7 nitrogen and oxygen atoms in total. The lowest BCUT2D eigenvalue weighted by Gasteiger charge is -2.09. The average Bonchev–Trinajstić information content (AvgIpc) is 3.42. The molecule has 0 spiro atoms. The first kappa shape index (κ1) is 23.7. The van der Waals surface area contributed by atoms with Crippen molar-refractivity contribution >= 4 is 40.6 Å². The van der Waals surface area contributed by atoms with Gasteiger partial charge in [0, 0.05) is 11.1 Å². The van der Waals surface area contributed by atoms with Crippen molar-refractivity contribution in [2.75, 3.05) is 11.1 Å². The first-order valence-corrected chi connectivity index (χ1v) is 12.6. The van der Waals surface area contributed by atoms with Crippen molar-refractivity contribution in [3.05, 3.63) is 82.7 Å². The molecule has 0 bridgehead atoms. The number of para-hydroxylation sites is 1. The molecule has 0 saturated carbocycles. The van der Waals surface area contributed by atoms with Crippen molar-refractivity contribution < 1.29 is 14.0 Å². The van der Waals surface area contributed by atoms with Gasteiger partial charge in [0.05, 0.1) is 30.0 Å². The van der Waals surface area contributed by atoms with Gasteiger partial charge in [-0.25, -0.2) is 9.97 Å². The smallest absolute Gasteiger partial charge is 0.230 e. The van der Waals surface area contributed by atoms with Crippen LogP contribution in [0.3, 0.4) is 0 Å². The number of thioether (sulfide) groups is 1. The number of thiazole rings is 1. The van der Waals surface area contributed by atoms with Gasteiger partial charge in [0.2, 0.25) is 17.7 Å². The summed E-state index contributed by atoms with van der Waals surface area (Å²) in [6.07, 6.45) is 0.273. The van der Waals surface area contributed by atoms with Crippen molar-refractivity contribution in [3.63, 3.8) is 0 Å². The number of benzene rings is 2. The summed E-state index contributed by atoms with van der Waals surface area (Å²) in [5.41, 5.74) is 3.83. The summed E-state index contributed by atoms with van der Waals surface area (Å²) in [5, 5.41) is 7.80. The summed E-state index contributed by atoms with van der Waals surface area (Å²) in [6, 6.07) is 16.9. The number of carbonyl (C=O) groups excluding carboxylic acids is 2. The fraction of sp³-hybridized carbons (Fsp3) is 0.200. The SMILES string of the molecule is Cc1csc(SCC(=O)NCc2nc(-c3ccccc3NC(=O)Cc3ccccc3)oc2C)n1. The molecular formula is C25H24N4O3S2. The third-order valence-electron chi connectivity index (χ3n) is 4.91. The zero-order valence-electron chi connectivity index (χ0n) is 18.8. The van der Waals surface area contributed by atoms with Crippen molar-refractivity contribution in [1.29, 1.82) is 0 Å². The highest BCUT2D eigenvalue weighted by Crippen LogP contribution is 2.29. The van der Waals surface area contributed by atoms with Gasteiger partial charge in [-0.2, -0.15) is 0 Å². The molecule has 2 aromatic heterocycles. The normalized spacial score (nSPS) is 10.8. The number of hydrogen-bond acceptors (Lipinski definition) is 7. The summed E-state index contributed by atoms with van der Waals surface area (Å²) in [7, 11) is 0. The van der Waals surface area contributed by atoms with E-state index in [0.29, 0.717) is 28.6 Å². The van der Waals surface area contributed by atoms with Gasteiger partial charge >= 0.3 is 0 Å². The molecule has 174 valence electrons. The van der Waals surface area contributed by atoms with Crippen LogP contribution in [0.15, 0.2) is 68.7 Å². The highest BCUT2D eigenvalue weighted by molar-refractivity contribution is 8.01. The van der Waals surface area contributed by atoms with Crippen LogP contribution in [0, 0.1) is 13.8 Å². The Morgan fingerprint density at radius 3 is 2.53 bits per heavy atom. The Morgan fingerprint density at radius 1 is 1.00 bits per heavy atom. The number of anilines is 1. The molecule has 0 fully saturated rings. The maximum Gasteiger partial charge on any atom is 0.230 e. The number of oxazole rings is 1. The second-order valence-electron chi connectivity index (χ2n) is 7.60. The van der Waals surface area contributed by atoms with E-state index in [0.717, 1.165) is 15.6 Å². The molecule has 4 aromatic rings. The molecule has 2 amide bonds. The van der Waals surface area contributed by atoms with E-state index < -0.39 is 0 Å². The predicted molar refractivity (Wildman–Crippen MR) is 135 cm³/mol. The van der Waals surface area contributed by atoms with E-state index in [1.54, 1.807) is 0 Å². The second kappa shape index (κ2) is 11.1. The van der Waals surface area contributed by atoms with Gasteiger partial charge in [0.25, 0.3) is 0 Å². The minimum atomic E-state index is -0.123. The van der Waals surface area contributed by atoms with E-state index in [9.17, 15) is 9.59 Å². The van der Waals surface area contributed by atoms with Crippen LogP contribution < -0.4 is 10.6 Å². The molecular weight excluding hydrogens is 468 g/mol. The third kappa shape index (κ3) is 6.33. The second-order valence-corrected chi connectivity index (χ2v) is 9.68. The molecule has 0 radical (unpaired) electrons. The number of nitrogens with one attached hydrogen (secondary N) is 2. The Kier molecular flexibility index (Phi) is 7.76. The highest BCUT2D eigenvalue weighted by atomic mass is 32.2. The molecule has 0 atom stereocenters. The van der Waals surface area contributed by atoms with Gasteiger partial charge in [-0.3, -0.25) is 9.59 Å².